The molecule has 3 aromatic carbocycles. The van der Waals surface area contributed by atoms with Crippen molar-refractivity contribution in [1.82, 2.24) is 41.5 Å². The molecule has 0 fully saturated rings. The highest BCUT2D eigenvalue weighted by Crippen LogP contribution is 2.37. The fourth-order valence-corrected chi connectivity index (χ4v) is 8.00. The van der Waals surface area contributed by atoms with Gasteiger partial charge in [-0.3, -0.25) is 28.8 Å². The molecule has 0 aliphatic rings. The Morgan fingerprint density at radius 3 is 1.48 bits per heavy atom. The van der Waals surface area contributed by atoms with Crippen LogP contribution in [0.3, 0.4) is 0 Å². The molecular formula is C55H74N8O12. The fraction of sp³-hybridized carbons (Fsp3) is 0.473. The lowest BCUT2D eigenvalue weighted by Crippen LogP contribution is -2.62. The van der Waals surface area contributed by atoms with E-state index in [1.54, 1.807) is 73.9 Å². The zero-order valence-corrected chi connectivity index (χ0v) is 45.2. The summed E-state index contributed by atoms with van der Waals surface area (Å²) < 4.78 is 23.6. The number of carbonyl (C=O) groups excluding carboxylic acids is 8. The van der Waals surface area contributed by atoms with Gasteiger partial charge in [0.2, 0.25) is 29.5 Å². The number of hydrogen-bond donors (Lipinski definition) is 6. The molecule has 0 saturated carbocycles. The lowest BCUT2D eigenvalue weighted by molar-refractivity contribution is -0.156. The number of esters is 2. The molecule has 0 saturated heterocycles. The van der Waals surface area contributed by atoms with E-state index >= 15 is 4.79 Å². The van der Waals surface area contributed by atoms with Crippen LogP contribution in [0.25, 0.3) is 0 Å². The maximum Gasteiger partial charge on any atom is 0.408 e. The number of benzene rings is 3. The van der Waals surface area contributed by atoms with Gasteiger partial charge in [-0.15, -0.1) is 0 Å². The second kappa shape index (κ2) is 26.0. The van der Waals surface area contributed by atoms with Gasteiger partial charge in [0, 0.05) is 25.4 Å². The molecule has 0 unspecified atom stereocenters. The summed E-state index contributed by atoms with van der Waals surface area (Å²) in [5, 5.41) is 16.0. The van der Waals surface area contributed by atoms with Crippen molar-refractivity contribution in [2.45, 2.75) is 154 Å². The van der Waals surface area contributed by atoms with Gasteiger partial charge < -0.3 is 55.4 Å². The molecule has 6 atom stereocenters. The van der Waals surface area contributed by atoms with E-state index in [9.17, 15) is 33.6 Å². The van der Waals surface area contributed by atoms with E-state index in [2.05, 4.69) is 36.9 Å². The van der Waals surface area contributed by atoms with E-state index in [1.165, 1.54) is 26.4 Å². The highest BCUT2D eigenvalue weighted by molar-refractivity contribution is 5.99. The maximum atomic E-state index is 15.0. The lowest BCUT2D eigenvalue weighted by atomic mass is 9.77. The first-order valence-electron chi connectivity index (χ1n) is 24.6. The number of ether oxygens (including phenoxy) is 4. The van der Waals surface area contributed by atoms with Gasteiger partial charge in [0.15, 0.2) is 0 Å². The number of amides is 6. The first-order chi connectivity index (χ1) is 35.0. The SMILES string of the molecule is COC(=O)[C@H](C)NC(=O)[C@H](NC(=O)[C@H](CC(=O)NC(c1ccccc1)(c1ccccc1)c1ccccc1)NC(=O)[C@H](CC(=O)OC(C)(C)C)NC(=O)[C@H](Cc1cncn1C)NC(=O)OC(C)(C)C)[C@@H](C)OC(C)(C)C. The van der Waals surface area contributed by atoms with E-state index in [0.29, 0.717) is 22.4 Å². The number of rotatable bonds is 22. The minimum absolute atomic E-state index is 0.146. The first kappa shape index (κ1) is 59.9. The van der Waals surface area contributed by atoms with Gasteiger partial charge >= 0.3 is 18.0 Å². The Bertz CT molecular complexity index is 2490. The molecule has 75 heavy (non-hydrogen) atoms. The Kier molecular flexibility index (Phi) is 20.8. The van der Waals surface area contributed by atoms with Crippen LogP contribution < -0.4 is 31.9 Å². The summed E-state index contributed by atoms with van der Waals surface area (Å²) in [6.07, 6.45) is -0.787. The number of aromatic nitrogens is 2. The zero-order chi connectivity index (χ0) is 55.9. The van der Waals surface area contributed by atoms with E-state index in [4.69, 9.17) is 18.9 Å². The minimum atomic E-state index is -1.85. The number of aryl methyl sites for hydroxylation is 1. The lowest BCUT2D eigenvalue weighted by Gasteiger charge is -2.37. The molecule has 6 amide bonds. The number of nitrogens with one attached hydrogen (secondary N) is 6. The van der Waals surface area contributed by atoms with Gasteiger partial charge in [-0.1, -0.05) is 91.0 Å². The third-order valence-corrected chi connectivity index (χ3v) is 11.2. The fourth-order valence-electron chi connectivity index (χ4n) is 8.00. The maximum absolute atomic E-state index is 15.0. The van der Waals surface area contributed by atoms with E-state index in [1.807, 2.05) is 91.0 Å². The monoisotopic (exact) mass is 1040 g/mol. The Labute approximate surface area is 439 Å². The van der Waals surface area contributed by atoms with Gasteiger partial charge in [0.1, 0.15) is 47.0 Å². The summed E-state index contributed by atoms with van der Waals surface area (Å²) >= 11 is 0. The summed E-state index contributed by atoms with van der Waals surface area (Å²) in [6, 6.07) is 19.6. The van der Waals surface area contributed by atoms with Gasteiger partial charge in [0.05, 0.1) is 38.0 Å². The largest absolute Gasteiger partial charge is 0.467 e. The van der Waals surface area contributed by atoms with Gasteiger partial charge in [-0.2, -0.15) is 0 Å². The topological polar surface area (TPSA) is 263 Å². The van der Waals surface area contributed by atoms with Crippen LogP contribution in [-0.2, 0) is 71.5 Å². The van der Waals surface area contributed by atoms with Crippen LogP contribution in [0.2, 0.25) is 0 Å². The highest BCUT2D eigenvalue weighted by Gasteiger charge is 2.41. The van der Waals surface area contributed by atoms with Crippen molar-refractivity contribution in [2.75, 3.05) is 7.11 Å². The van der Waals surface area contributed by atoms with E-state index < -0.39 is 119 Å². The molecule has 4 aromatic rings. The Morgan fingerprint density at radius 1 is 0.573 bits per heavy atom. The normalized spacial score (nSPS) is 14.3. The second-order valence-electron chi connectivity index (χ2n) is 21.1. The van der Waals surface area contributed by atoms with Crippen molar-refractivity contribution >= 4 is 47.6 Å². The smallest absolute Gasteiger partial charge is 0.408 e. The number of carbonyl (C=O) groups is 8. The Hall–Kier alpha value is -7.61. The van der Waals surface area contributed by atoms with Gasteiger partial charge in [-0.25, -0.2) is 14.6 Å². The van der Waals surface area contributed by atoms with Crippen molar-refractivity contribution < 1.29 is 57.3 Å². The van der Waals surface area contributed by atoms with Crippen LogP contribution in [0, 0.1) is 0 Å². The number of imidazole rings is 1. The standard InChI is InChI=1S/C55H74N8O12/c1-34(50(70)72-13)57-49(69)45(35(2)73-52(3,4)5)61-48(68)41(30-43(64)62-55(36-23-17-14-18-24-36,37-25-19-15-20-26-37)38-27-21-16-22-28-38)58-47(67)42(31-44(65)74-53(6,7)8)59-46(66)40(29-39-32-56-33-63(39)12)60-51(71)75-54(9,10)11/h14-28,32-35,40-42,45H,29-31H2,1-13H3,(H,57,69)(H,58,67)(H,59,66)(H,60,71)(H,61,68)(H,62,64)/t34-,35+,40-,41-,42-,45+/m0/s1. The van der Waals surface area contributed by atoms with Crippen molar-refractivity contribution in [3.8, 4) is 0 Å². The van der Waals surface area contributed by atoms with Crippen molar-refractivity contribution in [3.05, 3.63) is 126 Å². The van der Waals surface area contributed by atoms with Gasteiger partial charge in [-0.05, 0) is 92.9 Å². The Morgan fingerprint density at radius 2 is 1.04 bits per heavy atom. The van der Waals surface area contributed by atoms with Crippen molar-refractivity contribution in [3.63, 3.8) is 0 Å². The molecule has 20 heteroatoms. The molecule has 406 valence electrons. The number of alkyl carbamates (subject to hydrolysis) is 1. The van der Waals surface area contributed by atoms with Crippen LogP contribution in [0.4, 0.5) is 4.79 Å². The first-order valence-corrected chi connectivity index (χ1v) is 24.6. The molecular weight excluding hydrogens is 965 g/mol. The second-order valence-corrected chi connectivity index (χ2v) is 21.1. The molecule has 0 bridgehead atoms. The van der Waals surface area contributed by atoms with Crippen LogP contribution in [-0.4, -0.2) is 117 Å². The summed E-state index contributed by atoms with van der Waals surface area (Å²) in [4.78, 5) is 117. The van der Waals surface area contributed by atoms with Crippen molar-refractivity contribution in [2.24, 2.45) is 7.05 Å². The number of hydrogen-bond acceptors (Lipinski definition) is 13. The highest BCUT2D eigenvalue weighted by atomic mass is 16.6. The molecule has 1 aromatic heterocycles. The molecule has 1 heterocycles. The number of nitrogens with zero attached hydrogens (tertiary/aromatic N) is 2. The van der Waals surface area contributed by atoms with Gasteiger partial charge in [0.25, 0.3) is 0 Å². The summed E-state index contributed by atoms with van der Waals surface area (Å²) in [7, 11) is 2.82. The van der Waals surface area contributed by atoms with Crippen LogP contribution in [0.5, 0.6) is 0 Å². The minimum Gasteiger partial charge on any atom is -0.467 e. The van der Waals surface area contributed by atoms with Crippen LogP contribution >= 0.6 is 0 Å². The van der Waals surface area contributed by atoms with Crippen molar-refractivity contribution in [1.29, 1.82) is 0 Å². The summed E-state index contributed by atoms with van der Waals surface area (Å²) in [5.41, 5.74) is -1.81. The zero-order valence-electron chi connectivity index (χ0n) is 45.2. The molecule has 6 N–H and O–H groups in total. The van der Waals surface area contributed by atoms with Crippen LogP contribution in [0.1, 0.15) is 111 Å². The molecule has 0 spiro atoms. The van der Waals surface area contributed by atoms with E-state index in [-0.39, 0.29) is 6.42 Å². The third-order valence-electron chi connectivity index (χ3n) is 11.2. The number of methoxy groups -OCH3 is 1. The molecule has 0 aliphatic carbocycles. The molecule has 4 rings (SSSR count). The quantitative estimate of drug-likeness (QED) is 0.0362. The predicted molar refractivity (Wildman–Crippen MR) is 278 cm³/mol. The third kappa shape index (κ3) is 18.4. The molecule has 0 aliphatic heterocycles. The molecule has 0 radical (unpaired) electrons. The van der Waals surface area contributed by atoms with Crippen LogP contribution in [0.15, 0.2) is 104 Å². The van der Waals surface area contributed by atoms with E-state index in [0.717, 1.165) is 7.11 Å². The molecule has 20 nitrogen and oxygen atoms in total. The summed E-state index contributed by atoms with van der Waals surface area (Å²) in [6.45, 7) is 17.8. The predicted octanol–water partition coefficient (Wildman–Crippen LogP) is 4.42. The Balaban J connectivity index is 1.86. The summed E-state index contributed by atoms with van der Waals surface area (Å²) in [5.74, 6) is -6.46. The average Bonchev–Trinajstić information content (AvgIpc) is 3.73. The average molecular weight is 1040 g/mol.